The third-order valence-corrected chi connectivity index (χ3v) is 2.82. The van der Waals surface area contributed by atoms with Crippen LogP contribution < -0.4 is 0 Å². The molecule has 0 saturated heterocycles. The van der Waals surface area contributed by atoms with Crippen LogP contribution in [0.15, 0.2) is 23.3 Å². The third kappa shape index (κ3) is 2.23. The van der Waals surface area contributed by atoms with Crippen molar-refractivity contribution < 1.29 is 0 Å². The van der Waals surface area contributed by atoms with E-state index in [1.165, 1.54) is 25.7 Å². The Bertz CT molecular complexity index is 196. The zero-order valence-corrected chi connectivity index (χ0v) is 8.56. The minimum atomic E-state index is 0.883. The molecule has 0 bridgehead atoms. The van der Waals surface area contributed by atoms with Crippen LogP contribution in [0.4, 0.5) is 0 Å². The van der Waals surface area contributed by atoms with Gasteiger partial charge in [-0.1, -0.05) is 25.5 Å². The maximum Gasteiger partial charge on any atom is -0.0254 e. The predicted molar refractivity (Wildman–Crippen MR) is 55.1 cm³/mol. The van der Waals surface area contributed by atoms with Crippen molar-refractivity contribution >= 4 is 0 Å². The highest BCUT2D eigenvalue weighted by atomic mass is 14.2. The molecule has 0 nitrogen and oxygen atoms in total. The summed E-state index contributed by atoms with van der Waals surface area (Å²) in [5.74, 6) is 0.883. The molecule has 0 aliphatic heterocycles. The van der Waals surface area contributed by atoms with E-state index in [2.05, 4.69) is 32.9 Å². The van der Waals surface area contributed by atoms with Crippen LogP contribution in [0.1, 0.15) is 46.5 Å². The average molecular weight is 164 g/mol. The minimum Gasteiger partial charge on any atom is -0.0842 e. The molecule has 0 radical (unpaired) electrons. The molecule has 0 N–H and O–H groups in total. The van der Waals surface area contributed by atoms with E-state index in [0.717, 1.165) is 5.92 Å². The summed E-state index contributed by atoms with van der Waals surface area (Å²) in [6.07, 6.45) is 9.92. The van der Waals surface area contributed by atoms with Crippen LogP contribution >= 0.6 is 0 Å². The van der Waals surface area contributed by atoms with Crippen molar-refractivity contribution in [2.24, 2.45) is 5.92 Å². The van der Waals surface area contributed by atoms with Gasteiger partial charge in [0.2, 0.25) is 0 Å². The van der Waals surface area contributed by atoms with Gasteiger partial charge in [0.15, 0.2) is 0 Å². The lowest BCUT2D eigenvalue weighted by Crippen LogP contribution is -1.93. The lowest BCUT2D eigenvalue weighted by molar-refractivity contribution is 0.531. The molecule has 0 amide bonds. The fourth-order valence-corrected chi connectivity index (χ4v) is 2.04. The van der Waals surface area contributed by atoms with E-state index in [9.17, 15) is 0 Å². The first kappa shape index (κ1) is 9.57. The highest BCUT2D eigenvalue weighted by Crippen LogP contribution is 2.30. The molecule has 1 rings (SSSR count). The second kappa shape index (κ2) is 4.49. The molecule has 1 atom stereocenters. The quantitative estimate of drug-likeness (QED) is 0.473. The molecule has 12 heavy (non-hydrogen) atoms. The van der Waals surface area contributed by atoms with E-state index in [1.807, 2.05) is 0 Å². The normalized spacial score (nSPS) is 32.4. The van der Waals surface area contributed by atoms with Crippen LogP contribution in [-0.4, -0.2) is 0 Å². The third-order valence-electron chi connectivity index (χ3n) is 2.82. The van der Waals surface area contributed by atoms with E-state index in [4.69, 9.17) is 0 Å². The van der Waals surface area contributed by atoms with Gasteiger partial charge in [-0.2, -0.15) is 0 Å². The zero-order chi connectivity index (χ0) is 8.97. The van der Waals surface area contributed by atoms with Crippen LogP contribution in [-0.2, 0) is 0 Å². The molecule has 0 heteroatoms. The fraction of sp³-hybridized carbons (Fsp3) is 0.667. The van der Waals surface area contributed by atoms with Crippen molar-refractivity contribution in [2.75, 3.05) is 0 Å². The first-order valence-electron chi connectivity index (χ1n) is 5.08. The Balaban J connectivity index is 2.77. The second-order valence-corrected chi connectivity index (χ2v) is 3.83. The van der Waals surface area contributed by atoms with Gasteiger partial charge < -0.3 is 0 Å². The Morgan fingerprint density at radius 1 is 1.17 bits per heavy atom. The summed E-state index contributed by atoms with van der Waals surface area (Å²) in [5, 5.41) is 0. The molecule has 0 aromatic rings. The van der Waals surface area contributed by atoms with Crippen molar-refractivity contribution in [1.82, 2.24) is 0 Å². The van der Waals surface area contributed by atoms with E-state index in [-0.39, 0.29) is 0 Å². The topological polar surface area (TPSA) is 0 Å². The lowest BCUT2D eigenvalue weighted by Gasteiger charge is -2.09. The van der Waals surface area contributed by atoms with Crippen LogP contribution in [0.25, 0.3) is 0 Å². The largest absolute Gasteiger partial charge is 0.0842 e. The minimum absolute atomic E-state index is 0.883. The molecule has 0 heterocycles. The Kier molecular flexibility index (Phi) is 3.58. The van der Waals surface area contributed by atoms with Crippen LogP contribution in [0.2, 0.25) is 0 Å². The first-order chi connectivity index (χ1) is 5.77. The van der Waals surface area contributed by atoms with Gasteiger partial charge in [0, 0.05) is 0 Å². The highest BCUT2D eigenvalue weighted by Gasteiger charge is 2.13. The van der Waals surface area contributed by atoms with Crippen LogP contribution in [0.3, 0.4) is 0 Å². The summed E-state index contributed by atoms with van der Waals surface area (Å²) in [7, 11) is 0. The molecule has 1 unspecified atom stereocenters. The van der Waals surface area contributed by atoms with Gasteiger partial charge in [0.05, 0.1) is 0 Å². The van der Waals surface area contributed by atoms with Crippen molar-refractivity contribution in [2.45, 2.75) is 46.5 Å². The molecular weight excluding hydrogens is 144 g/mol. The van der Waals surface area contributed by atoms with Crippen molar-refractivity contribution in [3.63, 3.8) is 0 Å². The summed E-state index contributed by atoms with van der Waals surface area (Å²) >= 11 is 0. The second-order valence-electron chi connectivity index (χ2n) is 3.83. The molecule has 1 aliphatic rings. The Labute approximate surface area is 76.4 Å². The number of hydrogen-bond acceptors (Lipinski definition) is 0. The van der Waals surface area contributed by atoms with Gasteiger partial charge in [-0.25, -0.2) is 0 Å². The van der Waals surface area contributed by atoms with Gasteiger partial charge in [-0.15, -0.1) is 0 Å². The standard InChI is InChI=1S/C12H20/c1-4-11-8-6-7-10(3)9-12(11)5-2/h4-5,10H,6-9H2,1-3H3/b11-4-,12-5-. The summed E-state index contributed by atoms with van der Waals surface area (Å²) in [5.41, 5.74) is 3.17. The number of rotatable bonds is 0. The number of allylic oxidation sites excluding steroid dienone is 4. The van der Waals surface area contributed by atoms with Gasteiger partial charge >= 0.3 is 0 Å². The van der Waals surface area contributed by atoms with E-state index >= 15 is 0 Å². The van der Waals surface area contributed by atoms with E-state index in [1.54, 1.807) is 11.1 Å². The zero-order valence-electron chi connectivity index (χ0n) is 8.56. The summed E-state index contributed by atoms with van der Waals surface area (Å²) < 4.78 is 0. The molecule has 0 aromatic carbocycles. The molecular formula is C12H20. The average Bonchev–Trinajstić information content (AvgIpc) is 2.26. The monoisotopic (exact) mass is 164 g/mol. The van der Waals surface area contributed by atoms with Crippen LogP contribution in [0, 0.1) is 5.92 Å². The van der Waals surface area contributed by atoms with E-state index < -0.39 is 0 Å². The van der Waals surface area contributed by atoms with Crippen molar-refractivity contribution in [3.8, 4) is 0 Å². The maximum atomic E-state index is 2.36. The van der Waals surface area contributed by atoms with E-state index in [0.29, 0.717) is 0 Å². The van der Waals surface area contributed by atoms with Gasteiger partial charge in [0.25, 0.3) is 0 Å². The highest BCUT2D eigenvalue weighted by molar-refractivity contribution is 5.31. The molecule has 1 fully saturated rings. The molecule has 0 spiro atoms. The Morgan fingerprint density at radius 3 is 2.42 bits per heavy atom. The van der Waals surface area contributed by atoms with Gasteiger partial charge in [-0.3, -0.25) is 0 Å². The Hall–Kier alpha value is -0.520. The fourth-order valence-electron chi connectivity index (χ4n) is 2.04. The van der Waals surface area contributed by atoms with Crippen molar-refractivity contribution in [3.05, 3.63) is 23.3 Å². The molecule has 68 valence electrons. The molecule has 1 aliphatic carbocycles. The summed E-state index contributed by atoms with van der Waals surface area (Å²) in [6.45, 7) is 6.69. The van der Waals surface area contributed by atoms with Crippen molar-refractivity contribution in [1.29, 1.82) is 0 Å². The summed E-state index contributed by atoms with van der Waals surface area (Å²) in [4.78, 5) is 0. The maximum absolute atomic E-state index is 2.36. The first-order valence-corrected chi connectivity index (χ1v) is 5.08. The van der Waals surface area contributed by atoms with Crippen LogP contribution in [0.5, 0.6) is 0 Å². The van der Waals surface area contributed by atoms with Gasteiger partial charge in [-0.05, 0) is 50.2 Å². The molecule has 0 aromatic heterocycles. The SMILES string of the molecule is C/C=C1/CCCC(C)C/C1=C/C. The predicted octanol–water partition coefficient (Wildman–Crippen LogP) is 4.09. The molecule has 1 saturated carbocycles. The van der Waals surface area contributed by atoms with Gasteiger partial charge in [0.1, 0.15) is 0 Å². The summed E-state index contributed by atoms with van der Waals surface area (Å²) in [6, 6.07) is 0. The number of hydrogen-bond donors (Lipinski definition) is 0. The lowest BCUT2D eigenvalue weighted by atomic mass is 9.97. The smallest absolute Gasteiger partial charge is 0.0254 e. The Morgan fingerprint density at radius 2 is 1.83 bits per heavy atom.